The summed E-state index contributed by atoms with van der Waals surface area (Å²) in [5.41, 5.74) is 0.918. The van der Waals surface area contributed by atoms with E-state index in [0.717, 1.165) is 5.01 Å². The molecule has 0 aliphatic carbocycles. The highest BCUT2D eigenvalue weighted by Crippen LogP contribution is 2.31. The fourth-order valence-corrected chi connectivity index (χ4v) is 3.17. The minimum atomic E-state index is -0.973. The highest BCUT2D eigenvalue weighted by Gasteiger charge is 2.16. The van der Waals surface area contributed by atoms with Crippen LogP contribution in [-0.2, 0) is 0 Å². The Labute approximate surface area is 106 Å². The zero-order valence-electron chi connectivity index (χ0n) is 9.17. The average molecular weight is 267 g/mol. The van der Waals surface area contributed by atoms with Gasteiger partial charge in [-0.25, -0.2) is 9.78 Å². The van der Waals surface area contributed by atoms with E-state index < -0.39 is 5.97 Å². The van der Waals surface area contributed by atoms with E-state index in [-0.39, 0.29) is 5.56 Å². The number of hydrogen-bond acceptors (Lipinski definition) is 6. The SMILES string of the molecule is Cc1nnc(Sc2nccc(C)c2C(=O)O)s1. The van der Waals surface area contributed by atoms with Crippen molar-refractivity contribution in [2.45, 2.75) is 23.2 Å². The summed E-state index contributed by atoms with van der Waals surface area (Å²) < 4.78 is 0.697. The standard InChI is InChI=1S/C10H9N3O2S2/c1-5-3-4-11-8(7(5)9(14)15)17-10-13-12-6(2)16-10/h3-4H,1-2H3,(H,14,15). The second-order valence-corrected chi connectivity index (χ2v) is 5.72. The van der Waals surface area contributed by atoms with Crippen molar-refractivity contribution in [2.75, 3.05) is 0 Å². The largest absolute Gasteiger partial charge is 0.478 e. The van der Waals surface area contributed by atoms with E-state index in [4.69, 9.17) is 5.11 Å². The van der Waals surface area contributed by atoms with Gasteiger partial charge >= 0.3 is 5.97 Å². The number of aromatic carboxylic acids is 1. The monoisotopic (exact) mass is 267 g/mol. The summed E-state index contributed by atoms with van der Waals surface area (Å²) in [7, 11) is 0. The van der Waals surface area contributed by atoms with Crippen molar-refractivity contribution in [1.29, 1.82) is 0 Å². The van der Waals surface area contributed by atoms with Gasteiger partial charge in [-0.3, -0.25) is 0 Å². The molecule has 0 aliphatic rings. The van der Waals surface area contributed by atoms with E-state index in [1.165, 1.54) is 23.1 Å². The van der Waals surface area contributed by atoms with E-state index >= 15 is 0 Å². The number of carboxylic acids is 1. The Balaban J connectivity index is 2.39. The zero-order valence-corrected chi connectivity index (χ0v) is 10.8. The first-order valence-corrected chi connectivity index (χ1v) is 6.38. The third kappa shape index (κ3) is 2.62. The van der Waals surface area contributed by atoms with Gasteiger partial charge in [0, 0.05) is 6.20 Å². The maximum Gasteiger partial charge on any atom is 0.338 e. The normalized spacial score (nSPS) is 10.5. The molecule has 0 bridgehead atoms. The summed E-state index contributed by atoms with van der Waals surface area (Å²) in [5.74, 6) is -0.973. The van der Waals surface area contributed by atoms with Crippen LogP contribution in [-0.4, -0.2) is 26.3 Å². The van der Waals surface area contributed by atoms with Gasteiger partial charge in [0.1, 0.15) is 10.0 Å². The van der Waals surface area contributed by atoms with Gasteiger partial charge in [0.25, 0.3) is 0 Å². The van der Waals surface area contributed by atoms with Gasteiger partial charge in [-0.2, -0.15) is 0 Å². The molecule has 5 nitrogen and oxygen atoms in total. The average Bonchev–Trinajstić information content (AvgIpc) is 2.63. The molecule has 7 heteroatoms. The molecule has 2 aromatic heterocycles. The number of carboxylic acid groups (broad SMARTS) is 1. The quantitative estimate of drug-likeness (QED) is 0.920. The number of aryl methyl sites for hydroxylation is 2. The van der Waals surface area contributed by atoms with Gasteiger partial charge in [-0.1, -0.05) is 11.3 Å². The summed E-state index contributed by atoms with van der Waals surface area (Å²) in [6.45, 7) is 3.60. The molecule has 0 saturated carbocycles. The summed E-state index contributed by atoms with van der Waals surface area (Å²) in [4.78, 5) is 15.2. The molecule has 17 heavy (non-hydrogen) atoms. The summed E-state index contributed by atoms with van der Waals surface area (Å²) >= 11 is 2.65. The van der Waals surface area contributed by atoms with Crippen molar-refractivity contribution in [3.8, 4) is 0 Å². The van der Waals surface area contributed by atoms with Crippen molar-refractivity contribution in [3.63, 3.8) is 0 Å². The fraction of sp³-hybridized carbons (Fsp3) is 0.200. The second-order valence-electron chi connectivity index (χ2n) is 3.30. The molecule has 0 saturated heterocycles. The second kappa shape index (κ2) is 4.80. The van der Waals surface area contributed by atoms with Crippen molar-refractivity contribution in [1.82, 2.24) is 15.2 Å². The minimum Gasteiger partial charge on any atom is -0.478 e. The summed E-state index contributed by atoms with van der Waals surface area (Å²) in [6.07, 6.45) is 1.60. The van der Waals surface area contributed by atoms with E-state index in [9.17, 15) is 4.79 Å². The fourth-order valence-electron chi connectivity index (χ4n) is 1.27. The summed E-state index contributed by atoms with van der Waals surface area (Å²) in [6, 6.07) is 1.68. The number of aromatic nitrogens is 3. The van der Waals surface area contributed by atoms with Crippen molar-refractivity contribution in [3.05, 3.63) is 28.4 Å². The molecular weight excluding hydrogens is 258 g/mol. The lowest BCUT2D eigenvalue weighted by molar-refractivity contribution is 0.0691. The first-order valence-electron chi connectivity index (χ1n) is 4.75. The Morgan fingerprint density at radius 1 is 1.41 bits per heavy atom. The number of rotatable bonds is 3. The van der Waals surface area contributed by atoms with E-state index in [0.29, 0.717) is 14.9 Å². The van der Waals surface area contributed by atoms with Crippen LogP contribution in [0.2, 0.25) is 0 Å². The Hall–Kier alpha value is -1.47. The third-order valence-corrected chi connectivity index (χ3v) is 3.92. The van der Waals surface area contributed by atoms with Crippen LogP contribution in [0.4, 0.5) is 0 Å². The number of nitrogens with zero attached hydrogens (tertiary/aromatic N) is 3. The molecule has 0 unspecified atom stereocenters. The first-order chi connectivity index (χ1) is 8.08. The van der Waals surface area contributed by atoms with Crippen LogP contribution in [0.5, 0.6) is 0 Å². The maximum atomic E-state index is 11.2. The first kappa shape index (κ1) is 12.0. The highest BCUT2D eigenvalue weighted by atomic mass is 32.2. The molecule has 2 heterocycles. The van der Waals surface area contributed by atoms with Crippen LogP contribution < -0.4 is 0 Å². The molecule has 0 radical (unpaired) electrons. The van der Waals surface area contributed by atoms with Crippen molar-refractivity contribution >= 4 is 29.1 Å². The third-order valence-electron chi connectivity index (χ3n) is 2.03. The van der Waals surface area contributed by atoms with Crippen LogP contribution in [0.3, 0.4) is 0 Å². The van der Waals surface area contributed by atoms with Gasteiger partial charge in [-0.05, 0) is 37.2 Å². The van der Waals surface area contributed by atoms with E-state index in [1.807, 2.05) is 6.92 Å². The molecule has 0 aromatic carbocycles. The highest BCUT2D eigenvalue weighted by molar-refractivity contribution is 8.01. The Morgan fingerprint density at radius 2 is 2.18 bits per heavy atom. The van der Waals surface area contributed by atoms with Gasteiger partial charge in [-0.15, -0.1) is 10.2 Å². The van der Waals surface area contributed by atoms with Gasteiger partial charge < -0.3 is 5.11 Å². The predicted molar refractivity (Wildman–Crippen MR) is 64.7 cm³/mol. The minimum absolute atomic E-state index is 0.227. The molecule has 88 valence electrons. The van der Waals surface area contributed by atoms with Crippen LogP contribution in [0, 0.1) is 13.8 Å². The molecule has 0 amide bonds. The lowest BCUT2D eigenvalue weighted by atomic mass is 10.2. The Kier molecular flexibility index (Phi) is 3.39. The molecule has 0 spiro atoms. The van der Waals surface area contributed by atoms with Crippen LogP contribution in [0.1, 0.15) is 20.9 Å². The lowest BCUT2D eigenvalue weighted by Gasteiger charge is -2.04. The van der Waals surface area contributed by atoms with E-state index in [2.05, 4.69) is 15.2 Å². The Morgan fingerprint density at radius 3 is 2.76 bits per heavy atom. The molecular formula is C10H9N3O2S2. The molecule has 2 aromatic rings. The Bertz CT molecular complexity index is 568. The topological polar surface area (TPSA) is 76.0 Å². The maximum absolute atomic E-state index is 11.2. The smallest absolute Gasteiger partial charge is 0.338 e. The van der Waals surface area contributed by atoms with Gasteiger partial charge in [0.15, 0.2) is 4.34 Å². The number of carbonyl (C=O) groups is 1. The molecule has 1 N–H and O–H groups in total. The van der Waals surface area contributed by atoms with Gasteiger partial charge in [0.05, 0.1) is 5.56 Å². The summed E-state index contributed by atoms with van der Waals surface area (Å²) in [5, 5.41) is 18.3. The van der Waals surface area contributed by atoms with Crippen molar-refractivity contribution in [2.24, 2.45) is 0 Å². The van der Waals surface area contributed by atoms with Crippen LogP contribution in [0.25, 0.3) is 0 Å². The molecule has 0 atom stereocenters. The molecule has 2 rings (SSSR count). The molecule has 0 fully saturated rings. The predicted octanol–water partition coefficient (Wildman–Crippen LogP) is 2.40. The van der Waals surface area contributed by atoms with Gasteiger partial charge in [0.2, 0.25) is 0 Å². The zero-order chi connectivity index (χ0) is 12.4. The van der Waals surface area contributed by atoms with Crippen LogP contribution in [0.15, 0.2) is 21.6 Å². The lowest BCUT2D eigenvalue weighted by Crippen LogP contribution is -2.03. The number of hydrogen-bond donors (Lipinski definition) is 1. The molecule has 0 aliphatic heterocycles. The van der Waals surface area contributed by atoms with E-state index in [1.54, 1.807) is 19.2 Å². The van der Waals surface area contributed by atoms with Crippen LogP contribution >= 0.6 is 23.1 Å². The number of pyridine rings is 1. The van der Waals surface area contributed by atoms with Crippen molar-refractivity contribution < 1.29 is 9.90 Å².